The van der Waals surface area contributed by atoms with Crippen LogP contribution in [0, 0.1) is 0 Å². The molecular formula is C10H19NO3. The molecule has 0 fully saturated rings. The first-order chi connectivity index (χ1) is 6.67. The number of hydrogen-bond donors (Lipinski definition) is 1. The zero-order chi connectivity index (χ0) is 11.0. The molecule has 0 aromatic rings. The lowest BCUT2D eigenvalue weighted by molar-refractivity contribution is -0.127. The summed E-state index contributed by atoms with van der Waals surface area (Å²) in [6.07, 6.45) is 0. The van der Waals surface area contributed by atoms with Crippen molar-refractivity contribution < 1.29 is 14.6 Å². The van der Waals surface area contributed by atoms with Crippen LogP contribution in [0.4, 0.5) is 0 Å². The summed E-state index contributed by atoms with van der Waals surface area (Å²) < 4.78 is 5.01. The van der Waals surface area contributed by atoms with Gasteiger partial charge in [0.05, 0.1) is 19.8 Å². The van der Waals surface area contributed by atoms with E-state index in [2.05, 4.69) is 6.58 Å². The highest BCUT2D eigenvalue weighted by Gasteiger charge is 2.12. The number of carbonyl (C=O) groups is 1. The van der Waals surface area contributed by atoms with Crippen molar-refractivity contribution in [2.45, 2.75) is 13.8 Å². The standard InChI is InChI=1S/C10H19NO3/c1-4-11(5-2)10(13)9(3)8-14-7-6-12/h12H,3-8H2,1-2H3. The van der Waals surface area contributed by atoms with Gasteiger partial charge in [0, 0.05) is 18.7 Å². The largest absolute Gasteiger partial charge is 0.394 e. The molecule has 0 aromatic heterocycles. The molecule has 0 aromatic carbocycles. The van der Waals surface area contributed by atoms with Gasteiger partial charge in [-0.3, -0.25) is 4.79 Å². The van der Waals surface area contributed by atoms with E-state index in [1.165, 1.54) is 0 Å². The molecule has 0 radical (unpaired) electrons. The van der Waals surface area contributed by atoms with E-state index < -0.39 is 0 Å². The van der Waals surface area contributed by atoms with E-state index in [1.54, 1.807) is 4.90 Å². The van der Waals surface area contributed by atoms with Crippen molar-refractivity contribution in [3.05, 3.63) is 12.2 Å². The van der Waals surface area contributed by atoms with Gasteiger partial charge in [-0.05, 0) is 13.8 Å². The number of amides is 1. The van der Waals surface area contributed by atoms with Crippen molar-refractivity contribution in [3.63, 3.8) is 0 Å². The van der Waals surface area contributed by atoms with E-state index in [1.807, 2.05) is 13.8 Å². The van der Waals surface area contributed by atoms with Crippen LogP contribution in [0.5, 0.6) is 0 Å². The van der Waals surface area contributed by atoms with Gasteiger partial charge in [0.2, 0.25) is 0 Å². The molecule has 4 heteroatoms. The van der Waals surface area contributed by atoms with Crippen molar-refractivity contribution in [2.75, 3.05) is 32.9 Å². The van der Waals surface area contributed by atoms with Gasteiger partial charge in [0.15, 0.2) is 0 Å². The topological polar surface area (TPSA) is 49.8 Å². The first-order valence-electron chi connectivity index (χ1n) is 4.83. The van der Waals surface area contributed by atoms with Crippen LogP contribution in [0.25, 0.3) is 0 Å². The zero-order valence-electron chi connectivity index (χ0n) is 8.95. The maximum absolute atomic E-state index is 11.6. The van der Waals surface area contributed by atoms with E-state index in [4.69, 9.17) is 9.84 Å². The monoisotopic (exact) mass is 201 g/mol. The Balaban J connectivity index is 3.91. The van der Waals surface area contributed by atoms with E-state index in [9.17, 15) is 4.79 Å². The molecule has 0 aliphatic carbocycles. The van der Waals surface area contributed by atoms with Gasteiger partial charge in [-0.25, -0.2) is 0 Å². The Labute approximate surface area is 85.2 Å². The Morgan fingerprint density at radius 2 is 2.00 bits per heavy atom. The van der Waals surface area contributed by atoms with Crippen LogP contribution in [-0.4, -0.2) is 48.8 Å². The SMILES string of the molecule is C=C(COCCO)C(=O)N(CC)CC. The van der Waals surface area contributed by atoms with Crippen molar-refractivity contribution in [3.8, 4) is 0 Å². The third-order valence-electron chi connectivity index (χ3n) is 1.87. The van der Waals surface area contributed by atoms with Crippen LogP contribution in [0.2, 0.25) is 0 Å². The molecule has 1 amide bonds. The average molecular weight is 201 g/mol. The second kappa shape index (κ2) is 7.53. The van der Waals surface area contributed by atoms with Gasteiger partial charge >= 0.3 is 0 Å². The summed E-state index contributed by atoms with van der Waals surface area (Å²) in [5.74, 6) is -0.0760. The Hall–Kier alpha value is -0.870. The molecule has 82 valence electrons. The predicted octanol–water partition coefficient (Wildman–Crippen LogP) is 0.420. The molecule has 0 atom stereocenters. The van der Waals surface area contributed by atoms with Gasteiger partial charge in [0.1, 0.15) is 0 Å². The van der Waals surface area contributed by atoms with E-state index in [0.717, 1.165) is 0 Å². The van der Waals surface area contributed by atoms with Crippen molar-refractivity contribution in [2.24, 2.45) is 0 Å². The third-order valence-corrected chi connectivity index (χ3v) is 1.87. The Kier molecular flexibility index (Phi) is 7.06. The van der Waals surface area contributed by atoms with Gasteiger partial charge in [-0.15, -0.1) is 0 Å². The van der Waals surface area contributed by atoms with Gasteiger partial charge < -0.3 is 14.7 Å². The summed E-state index contributed by atoms with van der Waals surface area (Å²) in [6, 6.07) is 0. The van der Waals surface area contributed by atoms with Crippen molar-refractivity contribution in [1.29, 1.82) is 0 Å². The minimum Gasteiger partial charge on any atom is -0.394 e. The molecule has 14 heavy (non-hydrogen) atoms. The molecular weight excluding hydrogens is 182 g/mol. The number of nitrogens with zero attached hydrogens (tertiary/aromatic N) is 1. The number of aliphatic hydroxyl groups excluding tert-OH is 1. The fraction of sp³-hybridized carbons (Fsp3) is 0.700. The first kappa shape index (κ1) is 13.1. The van der Waals surface area contributed by atoms with Crippen LogP contribution in [0.3, 0.4) is 0 Å². The van der Waals surface area contributed by atoms with Crippen molar-refractivity contribution >= 4 is 5.91 Å². The smallest absolute Gasteiger partial charge is 0.251 e. The number of hydrogen-bond acceptors (Lipinski definition) is 3. The quantitative estimate of drug-likeness (QED) is 0.480. The maximum Gasteiger partial charge on any atom is 0.251 e. The maximum atomic E-state index is 11.6. The highest BCUT2D eigenvalue weighted by Crippen LogP contribution is 2.00. The molecule has 0 aliphatic rings. The fourth-order valence-corrected chi connectivity index (χ4v) is 1.06. The molecule has 0 bridgehead atoms. The Morgan fingerprint density at radius 3 is 2.43 bits per heavy atom. The van der Waals surface area contributed by atoms with Crippen LogP contribution in [0.1, 0.15) is 13.8 Å². The van der Waals surface area contributed by atoms with Crippen molar-refractivity contribution in [1.82, 2.24) is 4.90 Å². The minimum absolute atomic E-state index is 0.0350. The number of rotatable bonds is 7. The summed E-state index contributed by atoms with van der Waals surface area (Å²) >= 11 is 0. The first-order valence-corrected chi connectivity index (χ1v) is 4.83. The van der Waals surface area contributed by atoms with Crippen LogP contribution in [0.15, 0.2) is 12.2 Å². The lowest BCUT2D eigenvalue weighted by Gasteiger charge is -2.19. The molecule has 0 heterocycles. The summed E-state index contributed by atoms with van der Waals surface area (Å²) in [5, 5.41) is 8.47. The third kappa shape index (κ3) is 4.39. The molecule has 0 unspecified atom stereocenters. The summed E-state index contributed by atoms with van der Waals surface area (Å²) in [5.41, 5.74) is 0.433. The average Bonchev–Trinajstić information content (AvgIpc) is 2.19. The van der Waals surface area contributed by atoms with E-state index in [0.29, 0.717) is 18.7 Å². The highest BCUT2D eigenvalue weighted by molar-refractivity contribution is 5.93. The number of carbonyl (C=O) groups excluding carboxylic acids is 1. The molecule has 0 spiro atoms. The van der Waals surface area contributed by atoms with E-state index in [-0.39, 0.29) is 25.7 Å². The second-order valence-electron chi connectivity index (χ2n) is 2.86. The van der Waals surface area contributed by atoms with Crippen LogP contribution >= 0.6 is 0 Å². The summed E-state index contributed by atoms with van der Waals surface area (Å²) in [4.78, 5) is 13.3. The predicted molar refractivity (Wildman–Crippen MR) is 55.0 cm³/mol. The minimum atomic E-state index is -0.0760. The van der Waals surface area contributed by atoms with Crippen LogP contribution in [-0.2, 0) is 9.53 Å². The lowest BCUT2D eigenvalue weighted by atomic mass is 10.2. The molecule has 1 N–H and O–H groups in total. The summed E-state index contributed by atoms with van der Waals surface area (Å²) in [6.45, 7) is 9.23. The Morgan fingerprint density at radius 1 is 1.43 bits per heavy atom. The molecule has 0 saturated heterocycles. The second-order valence-corrected chi connectivity index (χ2v) is 2.86. The van der Waals surface area contributed by atoms with Crippen LogP contribution < -0.4 is 0 Å². The number of likely N-dealkylation sites (N-methyl/N-ethyl adjacent to an activating group) is 1. The zero-order valence-corrected chi connectivity index (χ0v) is 8.95. The molecule has 0 rings (SSSR count). The normalized spacial score (nSPS) is 9.93. The highest BCUT2D eigenvalue weighted by atomic mass is 16.5. The molecule has 4 nitrogen and oxygen atoms in total. The fourth-order valence-electron chi connectivity index (χ4n) is 1.06. The van der Waals surface area contributed by atoms with Gasteiger partial charge in [-0.2, -0.15) is 0 Å². The Bertz CT molecular complexity index is 188. The van der Waals surface area contributed by atoms with Gasteiger partial charge in [-0.1, -0.05) is 6.58 Å². The number of aliphatic hydroxyl groups is 1. The van der Waals surface area contributed by atoms with Gasteiger partial charge in [0.25, 0.3) is 5.91 Å². The molecule has 0 saturated carbocycles. The van der Waals surface area contributed by atoms with E-state index >= 15 is 0 Å². The lowest BCUT2D eigenvalue weighted by Crippen LogP contribution is -2.32. The summed E-state index contributed by atoms with van der Waals surface area (Å²) in [7, 11) is 0. The molecule has 0 aliphatic heterocycles. The number of ether oxygens (including phenoxy) is 1.